The van der Waals surface area contributed by atoms with Crippen LogP contribution in [-0.2, 0) is 0 Å². The standard InChI is InChI=1S/C15H12ClN3O4/c1-17-14(20)9-3-2-4-10(7-9)18-15(21)12-8-11(19(22)23)5-6-13(12)16/h2-8H,1H3,(H,17,20)(H,18,21). The quantitative estimate of drug-likeness (QED) is 0.663. The Morgan fingerprint density at radius 3 is 2.52 bits per heavy atom. The predicted octanol–water partition coefficient (Wildman–Crippen LogP) is 2.86. The third-order valence-corrected chi connectivity index (χ3v) is 3.34. The van der Waals surface area contributed by atoms with Crippen molar-refractivity contribution in [2.75, 3.05) is 12.4 Å². The normalized spacial score (nSPS) is 10.0. The summed E-state index contributed by atoms with van der Waals surface area (Å²) in [4.78, 5) is 34.0. The van der Waals surface area contributed by atoms with Crippen molar-refractivity contribution in [3.05, 3.63) is 68.7 Å². The molecule has 0 unspecified atom stereocenters. The zero-order valence-corrected chi connectivity index (χ0v) is 12.8. The number of non-ortho nitro benzene ring substituents is 1. The first-order valence-corrected chi connectivity index (χ1v) is 6.87. The van der Waals surface area contributed by atoms with Gasteiger partial charge in [0, 0.05) is 30.4 Å². The molecule has 0 aliphatic heterocycles. The third kappa shape index (κ3) is 3.83. The Kier molecular flexibility index (Phi) is 4.92. The fourth-order valence-corrected chi connectivity index (χ4v) is 2.09. The van der Waals surface area contributed by atoms with Gasteiger partial charge in [-0.25, -0.2) is 0 Å². The van der Waals surface area contributed by atoms with E-state index in [2.05, 4.69) is 10.6 Å². The van der Waals surface area contributed by atoms with Crippen molar-refractivity contribution in [1.29, 1.82) is 0 Å². The van der Waals surface area contributed by atoms with E-state index in [0.29, 0.717) is 11.3 Å². The summed E-state index contributed by atoms with van der Waals surface area (Å²) in [6.45, 7) is 0. The van der Waals surface area contributed by atoms with Crippen LogP contribution in [0, 0.1) is 10.1 Å². The van der Waals surface area contributed by atoms with Crippen LogP contribution in [-0.4, -0.2) is 23.8 Å². The van der Waals surface area contributed by atoms with Crippen molar-refractivity contribution >= 4 is 34.8 Å². The number of hydrogen-bond donors (Lipinski definition) is 2. The second-order valence-corrected chi connectivity index (χ2v) is 4.94. The molecule has 0 atom stereocenters. The maximum absolute atomic E-state index is 12.2. The van der Waals surface area contributed by atoms with Gasteiger partial charge in [0.15, 0.2) is 0 Å². The number of halogens is 1. The average molecular weight is 334 g/mol. The molecule has 2 rings (SSSR count). The summed E-state index contributed by atoms with van der Waals surface area (Å²) in [5.41, 5.74) is 0.485. The first-order chi connectivity index (χ1) is 10.9. The van der Waals surface area contributed by atoms with Crippen LogP contribution in [0.4, 0.5) is 11.4 Å². The number of hydrogen-bond acceptors (Lipinski definition) is 4. The van der Waals surface area contributed by atoms with Gasteiger partial charge >= 0.3 is 0 Å². The lowest BCUT2D eigenvalue weighted by Gasteiger charge is -2.08. The van der Waals surface area contributed by atoms with Crippen LogP contribution in [0.5, 0.6) is 0 Å². The zero-order chi connectivity index (χ0) is 17.0. The zero-order valence-electron chi connectivity index (χ0n) is 12.0. The van der Waals surface area contributed by atoms with Gasteiger partial charge in [-0.1, -0.05) is 17.7 Å². The van der Waals surface area contributed by atoms with Gasteiger partial charge in [0.25, 0.3) is 17.5 Å². The highest BCUT2D eigenvalue weighted by Gasteiger charge is 2.16. The van der Waals surface area contributed by atoms with Crippen molar-refractivity contribution < 1.29 is 14.5 Å². The van der Waals surface area contributed by atoms with E-state index in [1.807, 2.05) is 0 Å². The molecule has 0 radical (unpaired) electrons. The van der Waals surface area contributed by atoms with Gasteiger partial charge in [0.1, 0.15) is 0 Å². The highest BCUT2D eigenvalue weighted by molar-refractivity contribution is 6.34. The van der Waals surface area contributed by atoms with Crippen LogP contribution in [0.1, 0.15) is 20.7 Å². The molecule has 0 aromatic heterocycles. The second kappa shape index (κ2) is 6.89. The summed E-state index contributed by atoms with van der Waals surface area (Å²) in [5.74, 6) is -0.901. The Balaban J connectivity index is 2.27. The third-order valence-electron chi connectivity index (χ3n) is 3.02. The Morgan fingerprint density at radius 2 is 1.87 bits per heavy atom. The summed E-state index contributed by atoms with van der Waals surface area (Å²) in [5, 5.41) is 15.9. The Labute approximate surface area is 136 Å². The molecule has 0 heterocycles. The molecular weight excluding hydrogens is 322 g/mol. The molecule has 2 N–H and O–H groups in total. The van der Waals surface area contributed by atoms with Gasteiger partial charge in [-0.2, -0.15) is 0 Å². The lowest BCUT2D eigenvalue weighted by atomic mass is 10.1. The minimum absolute atomic E-state index is 0.0220. The predicted molar refractivity (Wildman–Crippen MR) is 85.9 cm³/mol. The molecule has 7 nitrogen and oxygen atoms in total. The van der Waals surface area contributed by atoms with Crippen molar-refractivity contribution in [3.8, 4) is 0 Å². The van der Waals surface area contributed by atoms with Crippen LogP contribution >= 0.6 is 11.6 Å². The van der Waals surface area contributed by atoms with Crippen LogP contribution < -0.4 is 10.6 Å². The maximum atomic E-state index is 12.2. The fraction of sp³-hybridized carbons (Fsp3) is 0.0667. The number of nitrogens with zero attached hydrogens (tertiary/aromatic N) is 1. The van der Waals surface area contributed by atoms with E-state index in [1.54, 1.807) is 18.2 Å². The SMILES string of the molecule is CNC(=O)c1cccc(NC(=O)c2cc([N+](=O)[O-])ccc2Cl)c1. The molecule has 8 heteroatoms. The summed E-state index contributed by atoms with van der Waals surface area (Å²) in [6, 6.07) is 9.88. The number of anilines is 1. The van der Waals surface area contributed by atoms with Crippen molar-refractivity contribution in [2.24, 2.45) is 0 Å². The average Bonchev–Trinajstić information content (AvgIpc) is 2.54. The molecule has 118 valence electrons. The molecule has 0 spiro atoms. The monoisotopic (exact) mass is 333 g/mol. The van der Waals surface area contributed by atoms with Crippen LogP contribution in [0.25, 0.3) is 0 Å². The Hall–Kier alpha value is -2.93. The largest absolute Gasteiger partial charge is 0.355 e. The lowest BCUT2D eigenvalue weighted by Crippen LogP contribution is -2.18. The number of nitro groups is 1. The van der Waals surface area contributed by atoms with Crippen molar-refractivity contribution in [2.45, 2.75) is 0 Å². The molecule has 0 saturated heterocycles. The first kappa shape index (κ1) is 16.4. The van der Waals surface area contributed by atoms with Gasteiger partial charge in [-0.05, 0) is 24.3 Å². The number of carbonyl (C=O) groups excluding carboxylic acids is 2. The van der Waals surface area contributed by atoms with E-state index < -0.39 is 10.8 Å². The highest BCUT2D eigenvalue weighted by Crippen LogP contribution is 2.23. The Bertz CT molecular complexity index is 792. The second-order valence-electron chi connectivity index (χ2n) is 4.54. The van der Waals surface area contributed by atoms with Crippen molar-refractivity contribution in [1.82, 2.24) is 5.32 Å². The number of rotatable bonds is 4. The van der Waals surface area contributed by atoms with E-state index in [4.69, 9.17) is 11.6 Å². The molecule has 2 aromatic carbocycles. The van der Waals surface area contributed by atoms with Crippen molar-refractivity contribution in [3.63, 3.8) is 0 Å². The molecule has 0 fully saturated rings. The molecule has 23 heavy (non-hydrogen) atoms. The minimum atomic E-state index is -0.612. The molecule has 2 amide bonds. The smallest absolute Gasteiger partial charge is 0.270 e. The van der Waals surface area contributed by atoms with Crippen LogP contribution in [0.3, 0.4) is 0 Å². The summed E-state index contributed by atoms with van der Waals surface area (Å²) < 4.78 is 0. The topological polar surface area (TPSA) is 101 Å². The number of amides is 2. The number of nitrogens with one attached hydrogen (secondary N) is 2. The number of carbonyl (C=O) groups is 2. The fourth-order valence-electron chi connectivity index (χ4n) is 1.88. The van der Waals surface area contributed by atoms with Crippen LogP contribution in [0.15, 0.2) is 42.5 Å². The number of nitro benzene ring substituents is 1. The van der Waals surface area contributed by atoms with Gasteiger partial charge in [-0.15, -0.1) is 0 Å². The molecule has 0 aliphatic rings. The molecule has 0 bridgehead atoms. The van der Waals surface area contributed by atoms with Gasteiger partial charge in [-0.3, -0.25) is 19.7 Å². The summed E-state index contributed by atoms with van der Waals surface area (Å²) >= 11 is 5.92. The molecule has 0 saturated carbocycles. The van der Waals surface area contributed by atoms with Gasteiger partial charge in [0.05, 0.1) is 15.5 Å². The minimum Gasteiger partial charge on any atom is -0.355 e. The maximum Gasteiger partial charge on any atom is 0.270 e. The summed E-state index contributed by atoms with van der Waals surface area (Å²) in [7, 11) is 1.50. The molecule has 2 aromatic rings. The lowest BCUT2D eigenvalue weighted by molar-refractivity contribution is -0.384. The van der Waals surface area contributed by atoms with Crippen LogP contribution in [0.2, 0.25) is 5.02 Å². The van der Waals surface area contributed by atoms with E-state index in [9.17, 15) is 19.7 Å². The van der Waals surface area contributed by atoms with E-state index in [1.165, 1.54) is 25.2 Å². The van der Waals surface area contributed by atoms with Gasteiger partial charge < -0.3 is 10.6 Å². The highest BCUT2D eigenvalue weighted by atomic mass is 35.5. The van der Waals surface area contributed by atoms with E-state index >= 15 is 0 Å². The van der Waals surface area contributed by atoms with E-state index in [0.717, 1.165) is 6.07 Å². The molecule has 0 aliphatic carbocycles. The van der Waals surface area contributed by atoms with Gasteiger partial charge in [0.2, 0.25) is 0 Å². The summed E-state index contributed by atoms with van der Waals surface area (Å²) in [6.07, 6.45) is 0. The first-order valence-electron chi connectivity index (χ1n) is 6.50. The molecular formula is C15H12ClN3O4. The Morgan fingerprint density at radius 1 is 1.13 bits per heavy atom. The number of benzene rings is 2. The van der Waals surface area contributed by atoms with E-state index in [-0.39, 0.29) is 22.2 Å².